The van der Waals surface area contributed by atoms with Gasteiger partial charge in [0.15, 0.2) is 0 Å². The summed E-state index contributed by atoms with van der Waals surface area (Å²) in [6.45, 7) is 6.06. The number of carbonyl (C=O) groups is 2. The van der Waals surface area contributed by atoms with Crippen molar-refractivity contribution >= 4 is 46.1 Å². The van der Waals surface area contributed by atoms with E-state index in [4.69, 9.17) is 4.98 Å². The second kappa shape index (κ2) is 9.35. The van der Waals surface area contributed by atoms with Crippen molar-refractivity contribution in [1.82, 2.24) is 9.97 Å². The zero-order chi connectivity index (χ0) is 24.5. The van der Waals surface area contributed by atoms with Crippen LogP contribution in [0.5, 0.6) is 0 Å². The molecule has 1 amide bonds. The van der Waals surface area contributed by atoms with E-state index in [1.165, 1.54) is 11.3 Å². The summed E-state index contributed by atoms with van der Waals surface area (Å²) in [7, 11) is 0. The molecule has 2 aromatic heterocycles. The van der Waals surface area contributed by atoms with Gasteiger partial charge in [-0.2, -0.15) is 0 Å². The number of H-pyrrole nitrogens is 1. The first-order valence-corrected chi connectivity index (χ1v) is 12.4. The Morgan fingerprint density at radius 3 is 2.77 bits per heavy atom. The van der Waals surface area contributed by atoms with Crippen LogP contribution in [-0.4, -0.2) is 27.0 Å². The molecule has 1 aromatic carbocycles. The van der Waals surface area contributed by atoms with E-state index < -0.39 is 5.97 Å². The number of hydrogen-bond donors (Lipinski definition) is 3. The molecule has 176 valence electrons. The Morgan fingerprint density at radius 2 is 2.00 bits per heavy atom. The molecular formula is C28H25N3O3S. The molecule has 0 atom stereocenters. The lowest BCUT2D eigenvalue weighted by atomic mass is 9.91. The monoisotopic (exact) mass is 483 g/mol. The Kier molecular flexibility index (Phi) is 6.09. The Hall–Kier alpha value is -3.97. The summed E-state index contributed by atoms with van der Waals surface area (Å²) in [4.78, 5) is 32.4. The van der Waals surface area contributed by atoms with E-state index in [2.05, 4.69) is 16.9 Å². The maximum atomic E-state index is 12.9. The van der Waals surface area contributed by atoms with Crippen LogP contribution in [0.15, 0.2) is 54.5 Å². The van der Waals surface area contributed by atoms with Crippen molar-refractivity contribution in [3.8, 4) is 11.3 Å². The minimum Gasteiger partial charge on any atom is -0.477 e. The van der Waals surface area contributed by atoms with Gasteiger partial charge in [-0.15, -0.1) is 11.3 Å². The highest BCUT2D eigenvalue weighted by Gasteiger charge is 2.28. The van der Waals surface area contributed by atoms with Gasteiger partial charge in [0.2, 0.25) is 0 Å². The van der Waals surface area contributed by atoms with Gasteiger partial charge >= 0.3 is 5.97 Å². The molecule has 0 saturated heterocycles. The highest BCUT2D eigenvalue weighted by molar-refractivity contribution is 7.11. The molecule has 0 radical (unpaired) electrons. The summed E-state index contributed by atoms with van der Waals surface area (Å²) >= 11 is 1.52. The smallest absolute Gasteiger partial charge is 0.352 e. The van der Waals surface area contributed by atoms with E-state index in [0.717, 1.165) is 69.9 Å². The van der Waals surface area contributed by atoms with E-state index in [9.17, 15) is 14.7 Å². The van der Waals surface area contributed by atoms with Gasteiger partial charge in [0.1, 0.15) is 10.7 Å². The van der Waals surface area contributed by atoms with Crippen molar-refractivity contribution in [3.63, 3.8) is 0 Å². The SMILES string of the molecule is C=C(/C=C\C=C/C)c1nc(-c2ccc3c(c2)/C(=C/c2[nH]c(C(=O)O)c4c2CCCC4)C(=O)N3)cs1. The summed E-state index contributed by atoms with van der Waals surface area (Å²) in [5.74, 6) is -1.16. The topological polar surface area (TPSA) is 95.1 Å². The fraction of sp³-hybridized carbons (Fsp3) is 0.179. The van der Waals surface area contributed by atoms with E-state index in [-0.39, 0.29) is 11.6 Å². The van der Waals surface area contributed by atoms with Crippen LogP contribution in [0, 0.1) is 0 Å². The van der Waals surface area contributed by atoms with Crippen molar-refractivity contribution in [2.45, 2.75) is 32.6 Å². The van der Waals surface area contributed by atoms with Crippen molar-refractivity contribution in [3.05, 3.63) is 87.5 Å². The Labute approximate surface area is 207 Å². The predicted molar refractivity (Wildman–Crippen MR) is 141 cm³/mol. The summed E-state index contributed by atoms with van der Waals surface area (Å²) in [5, 5.41) is 15.4. The van der Waals surface area contributed by atoms with Crippen LogP contribution in [0.25, 0.3) is 28.5 Å². The average Bonchev–Trinajstić information content (AvgIpc) is 3.56. The van der Waals surface area contributed by atoms with E-state index in [0.29, 0.717) is 11.3 Å². The Morgan fingerprint density at radius 1 is 1.20 bits per heavy atom. The average molecular weight is 484 g/mol. The third-order valence-electron chi connectivity index (χ3n) is 6.34. The van der Waals surface area contributed by atoms with Crippen LogP contribution in [0.3, 0.4) is 0 Å². The summed E-state index contributed by atoms with van der Waals surface area (Å²) in [6, 6.07) is 5.79. The molecule has 5 rings (SSSR count). The summed E-state index contributed by atoms with van der Waals surface area (Å²) in [5.41, 5.74) is 7.40. The molecule has 0 bridgehead atoms. The van der Waals surface area contributed by atoms with Gasteiger partial charge in [-0.05, 0) is 61.9 Å². The second-order valence-electron chi connectivity index (χ2n) is 8.60. The number of carbonyl (C=O) groups excluding carboxylic acids is 1. The lowest BCUT2D eigenvalue weighted by Crippen LogP contribution is -2.06. The maximum Gasteiger partial charge on any atom is 0.352 e. The molecule has 0 spiro atoms. The summed E-state index contributed by atoms with van der Waals surface area (Å²) in [6.07, 6.45) is 13.1. The van der Waals surface area contributed by atoms with Crippen molar-refractivity contribution in [1.29, 1.82) is 0 Å². The molecule has 6 nitrogen and oxygen atoms in total. The van der Waals surface area contributed by atoms with Crippen molar-refractivity contribution in [2.24, 2.45) is 0 Å². The number of hydrogen-bond acceptors (Lipinski definition) is 4. The number of thiazole rings is 1. The number of rotatable bonds is 6. The number of aromatic amines is 1. The highest BCUT2D eigenvalue weighted by Crippen LogP contribution is 2.38. The molecule has 3 N–H and O–H groups in total. The number of aromatic nitrogens is 2. The van der Waals surface area contributed by atoms with Crippen LogP contribution in [-0.2, 0) is 17.6 Å². The van der Waals surface area contributed by atoms with Crippen LogP contribution in [0.4, 0.5) is 5.69 Å². The van der Waals surface area contributed by atoms with Crippen LogP contribution >= 0.6 is 11.3 Å². The Balaban J connectivity index is 1.51. The fourth-order valence-corrected chi connectivity index (χ4v) is 5.40. The second-order valence-corrected chi connectivity index (χ2v) is 9.46. The molecule has 1 aliphatic carbocycles. The van der Waals surface area contributed by atoms with Gasteiger partial charge in [0.05, 0.1) is 11.3 Å². The highest BCUT2D eigenvalue weighted by atomic mass is 32.1. The first kappa shape index (κ1) is 22.8. The number of carboxylic acids is 1. The number of fused-ring (bicyclic) bond motifs is 2. The lowest BCUT2D eigenvalue weighted by Gasteiger charge is -2.12. The van der Waals surface area contributed by atoms with Gasteiger partial charge in [0, 0.05) is 33.5 Å². The van der Waals surface area contributed by atoms with Gasteiger partial charge < -0.3 is 15.4 Å². The van der Waals surface area contributed by atoms with Crippen LogP contribution < -0.4 is 5.32 Å². The van der Waals surface area contributed by atoms with Crippen LogP contribution in [0.2, 0.25) is 0 Å². The Bertz CT molecular complexity index is 1450. The van der Waals surface area contributed by atoms with E-state index >= 15 is 0 Å². The molecule has 0 saturated carbocycles. The number of nitrogens with one attached hydrogen (secondary N) is 2. The van der Waals surface area contributed by atoms with Crippen molar-refractivity contribution in [2.75, 3.05) is 5.32 Å². The quantitative estimate of drug-likeness (QED) is 0.281. The van der Waals surface area contributed by atoms with Gasteiger partial charge in [-0.1, -0.05) is 36.9 Å². The number of nitrogens with zero attached hydrogens (tertiary/aromatic N) is 1. The first-order valence-electron chi connectivity index (χ1n) is 11.5. The molecule has 3 heterocycles. The molecule has 35 heavy (non-hydrogen) atoms. The molecule has 0 unspecified atom stereocenters. The molecule has 3 aromatic rings. The molecule has 7 heteroatoms. The van der Waals surface area contributed by atoms with Crippen LogP contribution in [0.1, 0.15) is 57.6 Å². The van der Waals surface area contributed by atoms with Crippen molar-refractivity contribution < 1.29 is 14.7 Å². The van der Waals surface area contributed by atoms with E-state index in [1.807, 2.05) is 54.8 Å². The largest absolute Gasteiger partial charge is 0.477 e. The number of amides is 1. The fourth-order valence-electron chi connectivity index (χ4n) is 4.61. The first-order chi connectivity index (χ1) is 17.0. The minimum atomic E-state index is -0.965. The number of anilines is 1. The minimum absolute atomic E-state index is 0.199. The van der Waals surface area contributed by atoms with Gasteiger partial charge in [-0.3, -0.25) is 4.79 Å². The zero-order valence-electron chi connectivity index (χ0n) is 19.4. The molecule has 1 aliphatic heterocycles. The third-order valence-corrected chi connectivity index (χ3v) is 7.25. The standard InChI is InChI=1S/C28H25N3O3S/c1-3-4-5-8-16(2)27-31-24(15-35-27)17-11-12-22-20(13-17)21(26(32)30-22)14-23-18-9-6-7-10-19(18)25(29-23)28(33)34/h3-5,8,11-15,29H,2,6-7,9-10H2,1H3,(H,30,32)(H,33,34)/b4-3-,8-5-,21-14-. The predicted octanol–water partition coefficient (Wildman–Crippen LogP) is 6.35. The number of allylic oxidation sites excluding steroid dienone is 5. The maximum absolute atomic E-state index is 12.9. The number of carboxylic acid groups (broad SMARTS) is 1. The molecular weight excluding hydrogens is 458 g/mol. The third kappa shape index (κ3) is 4.31. The van der Waals surface area contributed by atoms with Gasteiger partial charge in [-0.25, -0.2) is 9.78 Å². The molecule has 2 aliphatic rings. The zero-order valence-corrected chi connectivity index (χ0v) is 20.2. The number of benzene rings is 1. The lowest BCUT2D eigenvalue weighted by molar-refractivity contribution is -0.110. The number of aromatic carboxylic acids is 1. The van der Waals surface area contributed by atoms with E-state index in [1.54, 1.807) is 6.08 Å². The van der Waals surface area contributed by atoms with Gasteiger partial charge in [0.25, 0.3) is 5.91 Å². The normalized spacial score (nSPS) is 16.1. The molecule has 0 fully saturated rings. The summed E-state index contributed by atoms with van der Waals surface area (Å²) < 4.78 is 0.